The molecule has 0 heterocycles. The second-order valence-electron chi connectivity index (χ2n) is 4.47. The molecule has 1 aromatic rings. The molecule has 0 aliphatic heterocycles. The minimum atomic E-state index is -0.585. The van der Waals surface area contributed by atoms with Crippen LogP contribution >= 0.6 is 11.6 Å². The Bertz CT molecular complexity index is 437. The molecule has 1 nitrogen and oxygen atoms in total. The maximum Gasteiger partial charge on any atom is 0.143 e. The average Bonchev–Trinajstić information content (AvgIpc) is 2.10. The van der Waals surface area contributed by atoms with Gasteiger partial charge in [0.2, 0.25) is 0 Å². The number of hydrogen-bond donors (Lipinski definition) is 0. The van der Waals surface area contributed by atoms with Gasteiger partial charge in [0.05, 0.1) is 0 Å². The van der Waals surface area contributed by atoms with Crippen molar-refractivity contribution in [2.24, 2.45) is 0 Å². The first-order valence-corrected chi connectivity index (χ1v) is 5.32. The van der Waals surface area contributed by atoms with Crippen molar-refractivity contribution in [3.63, 3.8) is 0 Å². The Morgan fingerprint density at radius 3 is 2.67 bits per heavy atom. The maximum atomic E-state index is 13.1. The van der Waals surface area contributed by atoms with Gasteiger partial charge in [0, 0.05) is 16.9 Å². The summed E-state index contributed by atoms with van der Waals surface area (Å²) in [5.74, 6) is -0.160. The van der Waals surface area contributed by atoms with Crippen LogP contribution in [0.15, 0.2) is 12.1 Å². The molecule has 0 saturated carbocycles. The van der Waals surface area contributed by atoms with Gasteiger partial charge in [-0.05, 0) is 43.5 Å². The average molecular weight is 227 g/mol. The fraction of sp³-hybridized carbons (Fsp3) is 0.417. The summed E-state index contributed by atoms with van der Waals surface area (Å²) in [6, 6.07) is 2.76. The van der Waals surface area contributed by atoms with Crippen molar-refractivity contribution in [3.8, 4) is 0 Å². The summed E-state index contributed by atoms with van der Waals surface area (Å²) in [6.07, 6.45) is 1.06. The van der Waals surface area contributed by atoms with Crippen molar-refractivity contribution in [2.45, 2.75) is 32.1 Å². The number of hydrogen-bond acceptors (Lipinski definition) is 1. The van der Waals surface area contributed by atoms with Crippen molar-refractivity contribution in [1.29, 1.82) is 0 Å². The molecule has 0 saturated heterocycles. The Morgan fingerprint density at radius 1 is 1.33 bits per heavy atom. The summed E-state index contributed by atoms with van der Waals surface area (Å²) < 4.78 is 13.1. The molecule has 80 valence electrons. The molecule has 0 bridgehead atoms. The van der Waals surface area contributed by atoms with Crippen LogP contribution in [-0.4, -0.2) is 5.78 Å². The highest BCUT2D eigenvalue weighted by molar-refractivity contribution is 6.32. The van der Waals surface area contributed by atoms with E-state index in [4.69, 9.17) is 11.6 Å². The Morgan fingerprint density at radius 2 is 2.00 bits per heavy atom. The second kappa shape index (κ2) is 3.31. The first-order valence-electron chi connectivity index (χ1n) is 4.94. The molecule has 0 aromatic heterocycles. The van der Waals surface area contributed by atoms with Crippen LogP contribution in [0, 0.1) is 5.82 Å². The van der Waals surface area contributed by atoms with Gasteiger partial charge in [0.1, 0.15) is 11.6 Å². The molecule has 15 heavy (non-hydrogen) atoms. The first kappa shape index (κ1) is 10.6. The molecule has 0 radical (unpaired) electrons. The number of halogens is 2. The largest absolute Gasteiger partial charge is 0.299 e. The van der Waals surface area contributed by atoms with Crippen LogP contribution < -0.4 is 0 Å². The Hall–Kier alpha value is -0.890. The van der Waals surface area contributed by atoms with Crippen LogP contribution in [0.4, 0.5) is 4.39 Å². The van der Waals surface area contributed by atoms with E-state index in [2.05, 4.69) is 0 Å². The van der Waals surface area contributed by atoms with Crippen LogP contribution in [-0.2, 0) is 16.6 Å². The third kappa shape index (κ3) is 1.57. The highest BCUT2D eigenvalue weighted by Crippen LogP contribution is 2.39. The topological polar surface area (TPSA) is 17.1 Å². The number of Topliss-reactive ketones (excluding diaryl/α,β-unsaturated/α-hetero) is 1. The summed E-state index contributed by atoms with van der Waals surface area (Å²) in [4.78, 5) is 11.8. The van der Waals surface area contributed by atoms with E-state index < -0.39 is 5.41 Å². The predicted octanol–water partition coefficient (Wildman–Crippen LogP) is 3.27. The zero-order valence-corrected chi connectivity index (χ0v) is 9.49. The summed E-state index contributed by atoms with van der Waals surface area (Å²) in [7, 11) is 0. The lowest BCUT2D eigenvalue weighted by Gasteiger charge is -2.31. The minimum Gasteiger partial charge on any atom is -0.299 e. The smallest absolute Gasteiger partial charge is 0.143 e. The van der Waals surface area contributed by atoms with E-state index in [9.17, 15) is 9.18 Å². The van der Waals surface area contributed by atoms with Gasteiger partial charge in [-0.25, -0.2) is 4.39 Å². The van der Waals surface area contributed by atoms with Gasteiger partial charge in [0.15, 0.2) is 0 Å². The van der Waals surface area contributed by atoms with Crippen molar-refractivity contribution in [2.75, 3.05) is 0 Å². The fourth-order valence-corrected chi connectivity index (χ4v) is 2.69. The molecule has 3 heteroatoms. The van der Waals surface area contributed by atoms with E-state index in [1.165, 1.54) is 12.1 Å². The molecule has 0 unspecified atom stereocenters. The monoisotopic (exact) mass is 226 g/mol. The highest BCUT2D eigenvalue weighted by atomic mass is 35.5. The van der Waals surface area contributed by atoms with E-state index in [1.54, 1.807) is 0 Å². The molecule has 2 rings (SSSR count). The lowest BCUT2D eigenvalue weighted by Crippen LogP contribution is -2.34. The summed E-state index contributed by atoms with van der Waals surface area (Å²) in [6.45, 7) is 3.69. The normalized spacial score (nSPS) is 18.8. The number of ketones is 1. The van der Waals surface area contributed by atoms with Gasteiger partial charge in [-0.3, -0.25) is 4.79 Å². The SMILES string of the molecule is CC1(C)C(=O)CCc2cc(F)cc(Cl)c21. The quantitative estimate of drug-likeness (QED) is 0.664. The van der Waals surface area contributed by atoms with E-state index in [1.807, 2.05) is 13.8 Å². The zero-order chi connectivity index (χ0) is 11.2. The van der Waals surface area contributed by atoms with Crippen molar-refractivity contribution >= 4 is 17.4 Å². The van der Waals surface area contributed by atoms with Gasteiger partial charge >= 0.3 is 0 Å². The Labute approximate surface area is 93.2 Å². The second-order valence-corrected chi connectivity index (χ2v) is 4.88. The Balaban J connectivity index is 2.69. The van der Waals surface area contributed by atoms with Crippen molar-refractivity contribution < 1.29 is 9.18 Å². The van der Waals surface area contributed by atoms with Gasteiger partial charge in [-0.15, -0.1) is 0 Å². The van der Waals surface area contributed by atoms with Crippen LogP contribution in [0.3, 0.4) is 0 Å². The third-order valence-electron chi connectivity index (χ3n) is 3.08. The molecule has 0 atom stereocenters. The van der Waals surface area contributed by atoms with Gasteiger partial charge in [0.25, 0.3) is 0 Å². The van der Waals surface area contributed by atoms with Crippen molar-refractivity contribution in [3.05, 3.63) is 34.1 Å². The number of benzene rings is 1. The number of aryl methyl sites for hydroxylation is 1. The van der Waals surface area contributed by atoms with Crippen molar-refractivity contribution in [1.82, 2.24) is 0 Å². The fourth-order valence-electron chi connectivity index (χ4n) is 2.22. The van der Waals surface area contributed by atoms with E-state index in [0.717, 1.165) is 11.1 Å². The molecular weight excluding hydrogens is 215 g/mol. The third-order valence-corrected chi connectivity index (χ3v) is 3.38. The van der Waals surface area contributed by atoms with Gasteiger partial charge in [-0.1, -0.05) is 11.6 Å². The Kier molecular flexibility index (Phi) is 2.34. The molecule has 0 spiro atoms. The minimum absolute atomic E-state index is 0.170. The first-order chi connectivity index (χ1) is 6.93. The van der Waals surface area contributed by atoms with Crippen LogP contribution in [0.2, 0.25) is 5.02 Å². The molecule has 1 aliphatic carbocycles. The van der Waals surface area contributed by atoms with Crippen LogP contribution in [0.1, 0.15) is 31.4 Å². The molecular formula is C12H12ClFO. The molecule has 1 aromatic carbocycles. The lowest BCUT2D eigenvalue weighted by atomic mass is 9.72. The lowest BCUT2D eigenvalue weighted by molar-refractivity contribution is -0.124. The molecule has 0 fully saturated rings. The summed E-state index contributed by atoms with van der Waals surface area (Å²) in [5.41, 5.74) is 1.07. The molecule has 0 N–H and O–H groups in total. The van der Waals surface area contributed by atoms with Gasteiger partial charge in [-0.2, -0.15) is 0 Å². The molecule has 1 aliphatic rings. The van der Waals surface area contributed by atoms with Gasteiger partial charge < -0.3 is 0 Å². The number of carbonyl (C=O) groups is 1. The maximum absolute atomic E-state index is 13.1. The van der Waals surface area contributed by atoms with E-state index in [-0.39, 0.29) is 11.6 Å². The number of rotatable bonds is 0. The van der Waals surface area contributed by atoms with Crippen LogP contribution in [0.25, 0.3) is 0 Å². The standard InChI is InChI=1S/C12H12ClFO/c1-12(2)10(15)4-3-7-5-8(14)6-9(13)11(7)12/h5-6H,3-4H2,1-2H3. The number of fused-ring (bicyclic) bond motifs is 1. The highest BCUT2D eigenvalue weighted by Gasteiger charge is 2.37. The van der Waals surface area contributed by atoms with Crippen LogP contribution in [0.5, 0.6) is 0 Å². The summed E-state index contributed by atoms with van der Waals surface area (Å²) >= 11 is 6.01. The predicted molar refractivity (Wildman–Crippen MR) is 57.8 cm³/mol. The van der Waals surface area contributed by atoms with E-state index >= 15 is 0 Å². The summed E-state index contributed by atoms with van der Waals surface area (Å²) in [5, 5.41) is 0.364. The zero-order valence-electron chi connectivity index (χ0n) is 8.73. The molecule has 0 amide bonds. The van der Waals surface area contributed by atoms with E-state index in [0.29, 0.717) is 17.9 Å². The number of carbonyl (C=O) groups excluding carboxylic acids is 1.